The molecule has 2 N–H and O–H groups in total. The van der Waals surface area contributed by atoms with Crippen molar-refractivity contribution in [2.45, 2.75) is 18.7 Å². The Labute approximate surface area is 85.1 Å². The van der Waals surface area contributed by atoms with Crippen LogP contribution in [-0.4, -0.2) is 54.4 Å². The lowest BCUT2D eigenvalue weighted by Gasteiger charge is -2.15. The molecule has 1 aliphatic heterocycles. The van der Waals surface area contributed by atoms with Crippen molar-refractivity contribution in [1.29, 1.82) is 0 Å². The maximum atomic E-state index is 11.7. The summed E-state index contributed by atoms with van der Waals surface area (Å²) >= 11 is 0. The quantitative estimate of drug-likeness (QED) is 0.696. The van der Waals surface area contributed by atoms with Crippen molar-refractivity contribution in [1.82, 2.24) is 10.2 Å². The number of hydrogen-bond acceptors (Lipinski definition) is 3. The van der Waals surface area contributed by atoms with Crippen LogP contribution in [-0.2, 0) is 4.79 Å². The van der Waals surface area contributed by atoms with E-state index in [0.29, 0.717) is 19.5 Å². The van der Waals surface area contributed by atoms with Gasteiger partial charge in [0.05, 0.1) is 12.6 Å². The zero-order valence-electron chi connectivity index (χ0n) is 8.05. The Bertz CT molecular complexity index is 232. The Hall–Kier alpha value is -0.820. The number of nitrogens with one attached hydrogen (secondary N) is 1. The molecule has 1 saturated heterocycles. The van der Waals surface area contributed by atoms with Gasteiger partial charge in [-0.2, -0.15) is 13.2 Å². The van der Waals surface area contributed by atoms with Gasteiger partial charge in [0.25, 0.3) is 0 Å². The minimum atomic E-state index is -4.37. The summed E-state index contributed by atoms with van der Waals surface area (Å²) in [5, 5.41) is 10.9. The van der Waals surface area contributed by atoms with Gasteiger partial charge in [0, 0.05) is 13.1 Å². The number of aliphatic hydroxyl groups excluding tert-OH is 1. The fourth-order valence-corrected chi connectivity index (χ4v) is 1.41. The lowest BCUT2D eigenvalue weighted by molar-refractivity contribution is -0.138. The van der Waals surface area contributed by atoms with Gasteiger partial charge in [0.1, 0.15) is 6.54 Å². The van der Waals surface area contributed by atoms with E-state index in [4.69, 9.17) is 5.11 Å². The zero-order chi connectivity index (χ0) is 11.5. The number of carbonyl (C=O) groups is 1. The molecular formula is C8H13F3N2O2. The summed E-state index contributed by atoms with van der Waals surface area (Å²) in [4.78, 5) is 12.6. The van der Waals surface area contributed by atoms with Crippen LogP contribution < -0.4 is 5.32 Å². The average molecular weight is 226 g/mol. The Balaban J connectivity index is 2.19. The van der Waals surface area contributed by atoms with Crippen LogP contribution in [0.25, 0.3) is 0 Å². The molecule has 1 fully saturated rings. The zero-order valence-corrected chi connectivity index (χ0v) is 8.05. The first-order valence-corrected chi connectivity index (χ1v) is 4.61. The fraction of sp³-hybridized carbons (Fsp3) is 0.875. The van der Waals surface area contributed by atoms with E-state index >= 15 is 0 Å². The Morgan fingerprint density at radius 2 is 2.20 bits per heavy atom. The van der Waals surface area contributed by atoms with Crippen molar-refractivity contribution in [3.63, 3.8) is 0 Å². The highest BCUT2D eigenvalue weighted by Crippen LogP contribution is 2.12. The van der Waals surface area contributed by atoms with Crippen LogP contribution in [0.4, 0.5) is 13.2 Å². The molecule has 1 rings (SSSR count). The van der Waals surface area contributed by atoms with E-state index in [-0.39, 0.29) is 6.54 Å². The molecule has 1 amide bonds. The standard InChI is InChI=1S/C8H13F3N2O2/c9-8(10,11)5-12-7(15)4-13-2-1-6(14)3-13/h6,14H,1-5H2,(H,12,15)/t6-/m1/s1. The maximum Gasteiger partial charge on any atom is 0.405 e. The van der Waals surface area contributed by atoms with E-state index in [9.17, 15) is 18.0 Å². The molecule has 7 heteroatoms. The second kappa shape index (κ2) is 4.80. The second-order valence-corrected chi connectivity index (χ2v) is 3.57. The van der Waals surface area contributed by atoms with Gasteiger partial charge < -0.3 is 10.4 Å². The van der Waals surface area contributed by atoms with Crippen molar-refractivity contribution in [3.05, 3.63) is 0 Å². The van der Waals surface area contributed by atoms with Gasteiger partial charge in [-0.15, -0.1) is 0 Å². The molecule has 4 nitrogen and oxygen atoms in total. The van der Waals surface area contributed by atoms with E-state index in [1.165, 1.54) is 0 Å². The number of hydrogen-bond donors (Lipinski definition) is 2. The molecule has 0 aromatic carbocycles. The Kier molecular flexibility index (Phi) is 3.92. The monoisotopic (exact) mass is 226 g/mol. The number of halogens is 3. The van der Waals surface area contributed by atoms with Crippen molar-refractivity contribution >= 4 is 5.91 Å². The smallest absolute Gasteiger partial charge is 0.392 e. The third-order valence-electron chi connectivity index (χ3n) is 2.10. The predicted octanol–water partition coefficient (Wildman–Crippen LogP) is -0.269. The maximum absolute atomic E-state index is 11.7. The van der Waals surface area contributed by atoms with E-state index in [2.05, 4.69) is 0 Å². The first-order chi connectivity index (χ1) is 6.87. The topological polar surface area (TPSA) is 52.6 Å². The number of rotatable bonds is 3. The molecule has 15 heavy (non-hydrogen) atoms. The second-order valence-electron chi connectivity index (χ2n) is 3.57. The van der Waals surface area contributed by atoms with E-state index in [1.807, 2.05) is 0 Å². The lowest BCUT2D eigenvalue weighted by atomic mass is 10.3. The van der Waals surface area contributed by atoms with E-state index < -0.39 is 24.7 Å². The average Bonchev–Trinajstić information content (AvgIpc) is 2.47. The van der Waals surface area contributed by atoms with Gasteiger partial charge in [0.15, 0.2) is 0 Å². The summed E-state index contributed by atoms with van der Waals surface area (Å²) in [6, 6.07) is 0. The predicted molar refractivity (Wildman–Crippen MR) is 46.1 cm³/mol. The highest BCUT2D eigenvalue weighted by molar-refractivity contribution is 5.78. The highest BCUT2D eigenvalue weighted by atomic mass is 19.4. The number of aliphatic hydroxyl groups is 1. The molecular weight excluding hydrogens is 213 g/mol. The molecule has 0 aromatic heterocycles. The van der Waals surface area contributed by atoms with Crippen LogP contribution in [0.15, 0.2) is 0 Å². The minimum absolute atomic E-state index is 0.0901. The van der Waals surface area contributed by atoms with Crippen molar-refractivity contribution < 1.29 is 23.1 Å². The van der Waals surface area contributed by atoms with E-state index in [1.54, 1.807) is 10.2 Å². The van der Waals surface area contributed by atoms with Crippen LogP contribution in [0.3, 0.4) is 0 Å². The number of likely N-dealkylation sites (tertiary alicyclic amines) is 1. The largest absolute Gasteiger partial charge is 0.405 e. The van der Waals surface area contributed by atoms with Crippen molar-refractivity contribution in [3.8, 4) is 0 Å². The van der Waals surface area contributed by atoms with Gasteiger partial charge in [0.2, 0.25) is 5.91 Å². The van der Waals surface area contributed by atoms with Crippen LogP contribution in [0, 0.1) is 0 Å². The van der Waals surface area contributed by atoms with Crippen LogP contribution in [0.2, 0.25) is 0 Å². The molecule has 88 valence electrons. The van der Waals surface area contributed by atoms with E-state index in [0.717, 1.165) is 0 Å². The SMILES string of the molecule is O=C(CN1CC[C@@H](O)C1)NCC(F)(F)F. The third-order valence-corrected chi connectivity index (χ3v) is 2.10. The normalized spacial score (nSPS) is 23.1. The number of β-amino-alcohol motifs (C(OH)–C–C–N with tert-alkyl or cyclic N) is 1. The molecule has 0 spiro atoms. The summed E-state index contributed by atoms with van der Waals surface area (Å²) in [5.74, 6) is -0.665. The summed E-state index contributed by atoms with van der Waals surface area (Å²) in [7, 11) is 0. The van der Waals surface area contributed by atoms with Gasteiger partial charge >= 0.3 is 6.18 Å². The molecule has 0 bridgehead atoms. The Morgan fingerprint density at radius 1 is 1.53 bits per heavy atom. The first-order valence-electron chi connectivity index (χ1n) is 4.61. The summed E-state index contributed by atoms with van der Waals surface area (Å²) in [6.07, 6.45) is -4.28. The van der Waals surface area contributed by atoms with Crippen molar-refractivity contribution in [2.24, 2.45) is 0 Å². The van der Waals surface area contributed by atoms with Crippen LogP contribution in [0.1, 0.15) is 6.42 Å². The molecule has 1 heterocycles. The summed E-state index contributed by atoms with van der Waals surface area (Å²) < 4.78 is 35.2. The van der Waals surface area contributed by atoms with Crippen LogP contribution in [0.5, 0.6) is 0 Å². The fourth-order valence-electron chi connectivity index (χ4n) is 1.41. The number of carbonyl (C=O) groups excluding carboxylic acids is 1. The van der Waals surface area contributed by atoms with Gasteiger partial charge in [-0.25, -0.2) is 0 Å². The summed E-state index contributed by atoms with van der Waals surface area (Å²) in [6.45, 7) is -0.505. The molecule has 0 radical (unpaired) electrons. The minimum Gasteiger partial charge on any atom is -0.392 e. The van der Waals surface area contributed by atoms with Crippen LogP contribution >= 0.6 is 0 Å². The lowest BCUT2D eigenvalue weighted by Crippen LogP contribution is -2.40. The first kappa shape index (κ1) is 12.3. The van der Waals surface area contributed by atoms with Crippen molar-refractivity contribution in [2.75, 3.05) is 26.2 Å². The number of nitrogens with zero attached hydrogens (tertiary/aromatic N) is 1. The molecule has 0 saturated carbocycles. The van der Waals surface area contributed by atoms with Gasteiger partial charge in [-0.1, -0.05) is 0 Å². The van der Waals surface area contributed by atoms with Gasteiger partial charge in [-0.05, 0) is 6.42 Å². The molecule has 0 aromatic rings. The number of alkyl halides is 3. The molecule has 0 unspecified atom stereocenters. The molecule has 1 atom stereocenters. The highest BCUT2D eigenvalue weighted by Gasteiger charge is 2.28. The molecule has 0 aliphatic carbocycles. The third kappa shape index (κ3) is 4.98. The van der Waals surface area contributed by atoms with Gasteiger partial charge in [-0.3, -0.25) is 9.69 Å². The molecule has 1 aliphatic rings. The Morgan fingerprint density at radius 3 is 2.67 bits per heavy atom. The number of amides is 1. The summed E-state index contributed by atoms with van der Waals surface area (Å²) in [5.41, 5.74) is 0.